The Balaban J connectivity index is 2.67. The highest BCUT2D eigenvalue weighted by Gasteiger charge is 2.16. The minimum atomic E-state index is -4.24. The van der Waals surface area contributed by atoms with Crippen molar-refractivity contribution in [3.63, 3.8) is 0 Å². The Hall–Kier alpha value is -1.30. The Morgan fingerprint density at radius 3 is 2.18 bits per heavy atom. The zero-order chi connectivity index (χ0) is 12.5. The summed E-state index contributed by atoms with van der Waals surface area (Å²) in [5.74, 6) is 0. The molecule has 0 saturated carbocycles. The number of hydrogen-bond acceptors (Lipinski definition) is 3. The van der Waals surface area contributed by atoms with Crippen LogP contribution in [0.1, 0.15) is 0 Å². The molecule has 0 bridgehead atoms. The molecule has 2 rings (SSSR count). The van der Waals surface area contributed by atoms with Crippen LogP contribution in [0.3, 0.4) is 0 Å². The van der Waals surface area contributed by atoms with Crippen molar-refractivity contribution in [3.8, 4) is 11.1 Å². The maximum atomic E-state index is 11.1. The minimum Gasteiger partial charge on any atom is -0.282 e. The highest BCUT2D eigenvalue weighted by Crippen LogP contribution is 2.31. The quantitative estimate of drug-likeness (QED) is 0.649. The van der Waals surface area contributed by atoms with Crippen molar-refractivity contribution in [3.05, 3.63) is 48.5 Å². The van der Waals surface area contributed by atoms with Crippen molar-refractivity contribution in [1.82, 2.24) is 0 Å². The van der Waals surface area contributed by atoms with E-state index >= 15 is 0 Å². The first-order valence-corrected chi connectivity index (χ1v) is 6.74. The standard InChI is InChI=1S/C12H10O3S2/c13-17(14,15)11-8-4-7-10(12(11)16)9-5-2-1-3-6-9/h1-8,16H,(H,13,14,15). The summed E-state index contributed by atoms with van der Waals surface area (Å²) < 4.78 is 31.4. The van der Waals surface area contributed by atoms with Gasteiger partial charge in [-0.05, 0) is 17.2 Å². The average molecular weight is 266 g/mol. The van der Waals surface area contributed by atoms with Gasteiger partial charge >= 0.3 is 0 Å². The van der Waals surface area contributed by atoms with E-state index < -0.39 is 10.1 Å². The van der Waals surface area contributed by atoms with E-state index in [0.717, 1.165) is 5.56 Å². The fraction of sp³-hybridized carbons (Fsp3) is 0. The van der Waals surface area contributed by atoms with E-state index in [1.807, 2.05) is 30.3 Å². The van der Waals surface area contributed by atoms with Gasteiger partial charge in [0.25, 0.3) is 10.1 Å². The summed E-state index contributed by atoms with van der Waals surface area (Å²) in [5.41, 5.74) is 1.52. The predicted octanol–water partition coefficient (Wildman–Crippen LogP) is 2.89. The van der Waals surface area contributed by atoms with Crippen molar-refractivity contribution in [2.45, 2.75) is 9.79 Å². The largest absolute Gasteiger partial charge is 0.295 e. The normalized spacial score (nSPS) is 11.4. The molecule has 0 saturated heterocycles. The first kappa shape index (κ1) is 12.2. The lowest BCUT2D eigenvalue weighted by molar-refractivity contribution is 0.481. The van der Waals surface area contributed by atoms with Gasteiger partial charge in [0.15, 0.2) is 0 Å². The van der Waals surface area contributed by atoms with E-state index in [-0.39, 0.29) is 9.79 Å². The van der Waals surface area contributed by atoms with Crippen molar-refractivity contribution < 1.29 is 13.0 Å². The van der Waals surface area contributed by atoms with Gasteiger partial charge in [-0.3, -0.25) is 4.55 Å². The molecular weight excluding hydrogens is 256 g/mol. The lowest BCUT2D eigenvalue weighted by Gasteiger charge is -2.08. The zero-order valence-corrected chi connectivity index (χ0v) is 10.4. The van der Waals surface area contributed by atoms with Gasteiger partial charge in [0.2, 0.25) is 0 Å². The molecule has 88 valence electrons. The molecule has 2 aromatic carbocycles. The van der Waals surface area contributed by atoms with Crippen LogP contribution in [0.5, 0.6) is 0 Å². The number of hydrogen-bond donors (Lipinski definition) is 2. The summed E-state index contributed by atoms with van der Waals surface area (Å²) in [6.45, 7) is 0. The Labute approximate surface area is 105 Å². The van der Waals surface area contributed by atoms with Crippen molar-refractivity contribution >= 4 is 22.7 Å². The van der Waals surface area contributed by atoms with E-state index in [0.29, 0.717) is 5.56 Å². The molecule has 0 aliphatic rings. The summed E-state index contributed by atoms with van der Waals surface area (Å²) in [5, 5.41) is 0. The summed E-state index contributed by atoms with van der Waals surface area (Å²) in [7, 11) is -4.24. The summed E-state index contributed by atoms with van der Waals surface area (Å²) in [6, 6.07) is 13.9. The smallest absolute Gasteiger partial charge is 0.282 e. The van der Waals surface area contributed by atoms with Gasteiger partial charge in [0.05, 0.1) is 0 Å². The number of benzene rings is 2. The molecule has 3 nitrogen and oxygen atoms in total. The Morgan fingerprint density at radius 1 is 0.941 bits per heavy atom. The van der Waals surface area contributed by atoms with E-state index in [2.05, 4.69) is 12.6 Å². The molecule has 0 radical (unpaired) electrons. The minimum absolute atomic E-state index is 0.179. The lowest BCUT2D eigenvalue weighted by Crippen LogP contribution is -2.00. The fourth-order valence-corrected chi connectivity index (χ4v) is 2.81. The van der Waals surface area contributed by atoms with Crippen LogP contribution in [0.15, 0.2) is 58.3 Å². The SMILES string of the molecule is O=S(=O)(O)c1cccc(-c2ccccc2)c1S. The van der Waals surface area contributed by atoms with Crippen LogP contribution in [0.4, 0.5) is 0 Å². The maximum absolute atomic E-state index is 11.1. The van der Waals surface area contributed by atoms with E-state index in [1.165, 1.54) is 6.07 Å². The van der Waals surface area contributed by atoms with Crippen LogP contribution in [0.25, 0.3) is 11.1 Å². The van der Waals surface area contributed by atoms with Crippen LogP contribution in [-0.4, -0.2) is 13.0 Å². The van der Waals surface area contributed by atoms with Crippen LogP contribution < -0.4 is 0 Å². The number of rotatable bonds is 2. The molecule has 0 spiro atoms. The van der Waals surface area contributed by atoms with Gasteiger partial charge in [-0.1, -0.05) is 42.5 Å². The zero-order valence-electron chi connectivity index (χ0n) is 8.74. The third kappa shape index (κ3) is 2.52. The fourth-order valence-electron chi connectivity index (χ4n) is 1.58. The molecule has 0 aliphatic heterocycles. The molecule has 2 aromatic rings. The third-order valence-corrected chi connectivity index (χ3v) is 3.89. The van der Waals surface area contributed by atoms with Gasteiger partial charge in [-0.2, -0.15) is 8.42 Å². The van der Waals surface area contributed by atoms with Crippen molar-refractivity contribution in [2.75, 3.05) is 0 Å². The van der Waals surface area contributed by atoms with Gasteiger partial charge < -0.3 is 0 Å². The Kier molecular flexibility index (Phi) is 3.24. The molecule has 0 aromatic heterocycles. The topological polar surface area (TPSA) is 54.4 Å². The van der Waals surface area contributed by atoms with E-state index in [4.69, 9.17) is 4.55 Å². The molecule has 0 heterocycles. The van der Waals surface area contributed by atoms with Gasteiger partial charge in [-0.15, -0.1) is 12.6 Å². The van der Waals surface area contributed by atoms with Gasteiger partial charge in [-0.25, -0.2) is 0 Å². The Bertz CT molecular complexity index is 634. The summed E-state index contributed by atoms with van der Waals surface area (Å²) in [4.78, 5) is 0.0726. The number of thiol groups is 1. The van der Waals surface area contributed by atoms with Crippen LogP contribution >= 0.6 is 12.6 Å². The molecule has 5 heteroatoms. The first-order valence-electron chi connectivity index (χ1n) is 4.85. The monoisotopic (exact) mass is 266 g/mol. The summed E-state index contributed by atoms with van der Waals surface area (Å²) in [6.07, 6.45) is 0. The predicted molar refractivity (Wildman–Crippen MR) is 68.9 cm³/mol. The van der Waals surface area contributed by atoms with E-state index in [9.17, 15) is 8.42 Å². The molecule has 1 N–H and O–H groups in total. The Morgan fingerprint density at radius 2 is 1.59 bits per heavy atom. The first-order chi connectivity index (χ1) is 8.00. The van der Waals surface area contributed by atoms with Gasteiger partial charge in [0.1, 0.15) is 4.90 Å². The second kappa shape index (κ2) is 4.52. The molecule has 0 unspecified atom stereocenters. The molecule has 0 fully saturated rings. The molecule has 0 atom stereocenters. The average Bonchev–Trinajstić information content (AvgIpc) is 2.29. The van der Waals surface area contributed by atoms with E-state index in [1.54, 1.807) is 12.1 Å². The van der Waals surface area contributed by atoms with Crippen molar-refractivity contribution in [2.24, 2.45) is 0 Å². The third-order valence-electron chi connectivity index (χ3n) is 2.36. The highest BCUT2D eigenvalue weighted by molar-refractivity contribution is 7.87. The second-order valence-corrected chi connectivity index (χ2v) is 5.33. The lowest BCUT2D eigenvalue weighted by atomic mass is 10.1. The van der Waals surface area contributed by atoms with Crippen molar-refractivity contribution in [1.29, 1.82) is 0 Å². The molecular formula is C12H10O3S2. The van der Waals surface area contributed by atoms with Gasteiger partial charge in [0, 0.05) is 4.90 Å². The second-order valence-electron chi connectivity index (χ2n) is 3.49. The van der Waals surface area contributed by atoms with Crippen LogP contribution in [0, 0.1) is 0 Å². The van der Waals surface area contributed by atoms with Crippen LogP contribution in [0.2, 0.25) is 0 Å². The molecule has 17 heavy (non-hydrogen) atoms. The van der Waals surface area contributed by atoms with Crippen LogP contribution in [-0.2, 0) is 10.1 Å². The highest BCUT2D eigenvalue weighted by atomic mass is 32.2. The molecule has 0 aliphatic carbocycles. The maximum Gasteiger partial charge on any atom is 0.295 e. The molecule has 0 amide bonds. The summed E-state index contributed by atoms with van der Waals surface area (Å²) >= 11 is 4.18.